The zero-order chi connectivity index (χ0) is 21.4. The largest absolute Gasteiger partial charge is 0.481 e. The van der Waals surface area contributed by atoms with Crippen LogP contribution in [0.4, 0.5) is 0 Å². The number of rotatable bonds is 19. The molecule has 3 unspecified atom stereocenters. The van der Waals surface area contributed by atoms with E-state index in [-0.39, 0.29) is 19.5 Å². The van der Waals surface area contributed by atoms with E-state index in [0.29, 0.717) is 24.9 Å². The Balaban J connectivity index is 4.91. The summed E-state index contributed by atoms with van der Waals surface area (Å²) in [6.45, 7) is 9.53. The lowest BCUT2D eigenvalue weighted by molar-refractivity contribution is -0.186. The van der Waals surface area contributed by atoms with Crippen molar-refractivity contribution in [2.45, 2.75) is 91.9 Å². The summed E-state index contributed by atoms with van der Waals surface area (Å²) < 4.78 is 0. The predicted octanol–water partition coefficient (Wildman–Crippen LogP) is 5.22. The van der Waals surface area contributed by atoms with Crippen LogP contribution in [-0.2, 0) is 14.4 Å². The van der Waals surface area contributed by atoms with Gasteiger partial charge < -0.3 is 10.2 Å². The molecule has 6 heteroatoms. The average molecular weight is 402 g/mol. The SMILES string of the molecule is CCCCC(CC)CON(CCC(=O)O)CC(CC(CC)CCCC)C(=O)O. The molecule has 0 aliphatic heterocycles. The number of hydrogen-bond acceptors (Lipinski definition) is 4. The minimum atomic E-state index is -0.895. The molecule has 0 aliphatic rings. The molecule has 0 radical (unpaired) electrons. The van der Waals surface area contributed by atoms with Gasteiger partial charge in [-0.1, -0.05) is 72.6 Å². The molecule has 0 aromatic heterocycles. The topological polar surface area (TPSA) is 87.1 Å². The molecule has 0 saturated carbocycles. The van der Waals surface area contributed by atoms with Crippen molar-refractivity contribution in [1.29, 1.82) is 0 Å². The van der Waals surface area contributed by atoms with Crippen molar-refractivity contribution in [2.24, 2.45) is 17.8 Å². The van der Waals surface area contributed by atoms with Crippen molar-refractivity contribution in [1.82, 2.24) is 5.06 Å². The Morgan fingerprint density at radius 1 is 0.929 bits per heavy atom. The lowest BCUT2D eigenvalue weighted by atomic mass is 9.88. The standard InChI is InChI=1S/C22H43NO5/c1-5-9-11-18(7-3)15-20(22(26)27)16-23(14-13-21(24)25)28-17-19(8-4)12-10-6-2/h18-20H,5-17H2,1-4H3,(H,24,25)(H,26,27). The number of unbranched alkanes of at least 4 members (excludes halogenated alkanes) is 2. The first-order chi connectivity index (χ1) is 13.4. The predicted molar refractivity (Wildman–Crippen MR) is 112 cm³/mol. The van der Waals surface area contributed by atoms with Crippen LogP contribution in [0, 0.1) is 17.8 Å². The molecule has 0 aromatic rings. The second-order valence-electron chi connectivity index (χ2n) is 7.93. The van der Waals surface area contributed by atoms with Crippen LogP contribution in [0.3, 0.4) is 0 Å². The molecule has 3 atom stereocenters. The Hall–Kier alpha value is -1.14. The third kappa shape index (κ3) is 13.1. The maximum atomic E-state index is 11.8. The highest BCUT2D eigenvalue weighted by atomic mass is 16.7. The number of carboxylic acids is 2. The van der Waals surface area contributed by atoms with E-state index in [1.165, 1.54) is 0 Å². The lowest BCUT2D eigenvalue weighted by Crippen LogP contribution is -2.37. The smallest absolute Gasteiger partial charge is 0.307 e. The second-order valence-corrected chi connectivity index (χ2v) is 7.93. The molecule has 0 aromatic carbocycles. The summed E-state index contributed by atoms with van der Waals surface area (Å²) in [6.07, 6.45) is 9.16. The Labute approximate surface area is 171 Å². The van der Waals surface area contributed by atoms with E-state index in [2.05, 4.69) is 27.7 Å². The molecule has 2 N–H and O–H groups in total. The van der Waals surface area contributed by atoms with Crippen LogP contribution in [0.2, 0.25) is 0 Å². The number of nitrogens with zero attached hydrogens (tertiary/aromatic N) is 1. The van der Waals surface area contributed by atoms with Gasteiger partial charge >= 0.3 is 11.9 Å². The Bertz CT molecular complexity index is 416. The summed E-state index contributed by atoms with van der Waals surface area (Å²) in [5.74, 6) is -1.45. The molecular weight excluding hydrogens is 358 g/mol. The van der Waals surface area contributed by atoms with E-state index >= 15 is 0 Å². The minimum Gasteiger partial charge on any atom is -0.481 e. The molecule has 0 amide bonds. The molecule has 28 heavy (non-hydrogen) atoms. The maximum Gasteiger partial charge on any atom is 0.307 e. The Morgan fingerprint density at radius 3 is 1.96 bits per heavy atom. The van der Waals surface area contributed by atoms with Crippen LogP contribution < -0.4 is 0 Å². The van der Waals surface area contributed by atoms with E-state index < -0.39 is 17.9 Å². The summed E-state index contributed by atoms with van der Waals surface area (Å²) in [4.78, 5) is 28.8. The van der Waals surface area contributed by atoms with Gasteiger partial charge in [0.05, 0.1) is 18.9 Å². The van der Waals surface area contributed by atoms with Gasteiger partial charge in [-0.05, 0) is 24.7 Å². The molecule has 0 aliphatic carbocycles. The summed E-state index contributed by atoms with van der Waals surface area (Å²) in [5.41, 5.74) is 0. The Kier molecular flexibility index (Phi) is 16.1. The third-order valence-corrected chi connectivity index (χ3v) is 5.55. The van der Waals surface area contributed by atoms with E-state index in [1.807, 2.05) is 0 Å². The second kappa shape index (κ2) is 16.8. The molecule has 0 bridgehead atoms. The normalized spacial score (nSPS) is 14.8. The van der Waals surface area contributed by atoms with Crippen molar-refractivity contribution in [3.05, 3.63) is 0 Å². The molecule has 0 spiro atoms. The summed E-state index contributed by atoms with van der Waals surface area (Å²) in [7, 11) is 0. The zero-order valence-electron chi connectivity index (χ0n) is 18.5. The number of carboxylic acid groups (broad SMARTS) is 2. The van der Waals surface area contributed by atoms with Gasteiger partial charge in [-0.15, -0.1) is 0 Å². The van der Waals surface area contributed by atoms with Crippen molar-refractivity contribution >= 4 is 11.9 Å². The molecular formula is C22H43NO5. The van der Waals surface area contributed by atoms with Crippen molar-refractivity contribution in [2.75, 3.05) is 19.7 Å². The number of carbonyl (C=O) groups is 2. The minimum absolute atomic E-state index is 0.0505. The van der Waals surface area contributed by atoms with Gasteiger partial charge in [0.15, 0.2) is 0 Å². The summed E-state index contributed by atoms with van der Waals surface area (Å²) in [5, 5.41) is 20.3. The molecule has 0 saturated heterocycles. The van der Waals surface area contributed by atoms with Crippen LogP contribution in [-0.4, -0.2) is 46.9 Å². The van der Waals surface area contributed by atoms with E-state index in [9.17, 15) is 14.7 Å². The van der Waals surface area contributed by atoms with Crippen LogP contribution in [0.1, 0.15) is 91.9 Å². The fourth-order valence-electron chi connectivity index (χ4n) is 3.42. The Morgan fingerprint density at radius 2 is 1.50 bits per heavy atom. The van der Waals surface area contributed by atoms with Crippen molar-refractivity contribution < 1.29 is 24.6 Å². The molecule has 0 fully saturated rings. The number of hydrogen-bond donors (Lipinski definition) is 2. The van der Waals surface area contributed by atoms with Crippen LogP contribution in [0.15, 0.2) is 0 Å². The third-order valence-electron chi connectivity index (χ3n) is 5.55. The van der Waals surface area contributed by atoms with Crippen LogP contribution in [0.5, 0.6) is 0 Å². The van der Waals surface area contributed by atoms with Gasteiger partial charge in [0, 0.05) is 13.1 Å². The fraction of sp³-hybridized carbons (Fsp3) is 0.909. The van der Waals surface area contributed by atoms with Crippen LogP contribution >= 0.6 is 0 Å². The molecule has 166 valence electrons. The first kappa shape index (κ1) is 26.9. The lowest BCUT2D eigenvalue weighted by Gasteiger charge is -2.28. The average Bonchev–Trinajstić information content (AvgIpc) is 2.67. The van der Waals surface area contributed by atoms with Gasteiger partial charge in [0.1, 0.15) is 0 Å². The quantitative estimate of drug-likeness (QED) is 0.289. The van der Waals surface area contributed by atoms with Crippen molar-refractivity contribution in [3.63, 3.8) is 0 Å². The highest BCUT2D eigenvalue weighted by Crippen LogP contribution is 2.23. The maximum absolute atomic E-state index is 11.8. The number of aliphatic carboxylic acids is 2. The van der Waals surface area contributed by atoms with E-state index in [1.54, 1.807) is 5.06 Å². The van der Waals surface area contributed by atoms with Gasteiger partial charge in [0.25, 0.3) is 0 Å². The van der Waals surface area contributed by atoms with Gasteiger partial charge in [-0.25, -0.2) is 0 Å². The summed E-state index contributed by atoms with van der Waals surface area (Å²) in [6, 6.07) is 0. The van der Waals surface area contributed by atoms with Gasteiger partial charge in [0.2, 0.25) is 0 Å². The molecule has 6 nitrogen and oxygen atoms in total. The van der Waals surface area contributed by atoms with Gasteiger partial charge in [-0.2, -0.15) is 5.06 Å². The van der Waals surface area contributed by atoms with Crippen LogP contribution in [0.25, 0.3) is 0 Å². The monoisotopic (exact) mass is 401 g/mol. The zero-order valence-corrected chi connectivity index (χ0v) is 18.5. The number of hydroxylamine groups is 2. The highest BCUT2D eigenvalue weighted by molar-refractivity contribution is 5.70. The van der Waals surface area contributed by atoms with Gasteiger partial charge in [-0.3, -0.25) is 14.4 Å². The summed E-state index contributed by atoms with van der Waals surface area (Å²) >= 11 is 0. The first-order valence-electron chi connectivity index (χ1n) is 11.2. The highest BCUT2D eigenvalue weighted by Gasteiger charge is 2.25. The van der Waals surface area contributed by atoms with E-state index in [4.69, 9.17) is 9.94 Å². The van der Waals surface area contributed by atoms with E-state index in [0.717, 1.165) is 51.4 Å². The molecule has 0 heterocycles. The molecule has 0 rings (SSSR count). The van der Waals surface area contributed by atoms with Crippen molar-refractivity contribution in [3.8, 4) is 0 Å². The first-order valence-corrected chi connectivity index (χ1v) is 11.2. The fourth-order valence-corrected chi connectivity index (χ4v) is 3.42.